The fourth-order valence-corrected chi connectivity index (χ4v) is 4.45. The van der Waals surface area contributed by atoms with E-state index in [1.807, 2.05) is 42.5 Å². The number of nitrogens with one attached hydrogen (secondary N) is 1. The monoisotopic (exact) mass is 509 g/mol. The van der Waals surface area contributed by atoms with Gasteiger partial charge in [0.2, 0.25) is 6.79 Å². The summed E-state index contributed by atoms with van der Waals surface area (Å²) in [5.41, 5.74) is 5.27. The molecule has 0 unspecified atom stereocenters. The van der Waals surface area contributed by atoms with Crippen molar-refractivity contribution in [3.05, 3.63) is 83.4 Å². The van der Waals surface area contributed by atoms with Crippen molar-refractivity contribution in [2.75, 3.05) is 19.9 Å². The predicted molar refractivity (Wildman–Crippen MR) is 142 cm³/mol. The molecular weight excluding hydrogens is 477 g/mol. The summed E-state index contributed by atoms with van der Waals surface area (Å²) in [6, 6.07) is 21.9. The van der Waals surface area contributed by atoms with E-state index in [2.05, 4.69) is 38.2 Å². The minimum Gasteiger partial charge on any atom is -0.492 e. The lowest BCUT2D eigenvalue weighted by Gasteiger charge is -2.18. The van der Waals surface area contributed by atoms with Crippen LogP contribution in [0.25, 0.3) is 11.1 Å². The minimum absolute atomic E-state index is 0.227. The fraction of sp³-hybridized carbons (Fsp3) is 0.286. The topological polar surface area (TPSA) is 89.4 Å². The van der Waals surface area contributed by atoms with Crippen molar-refractivity contribution in [1.82, 2.24) is 5.32 Å². The molecule has 0 spiro atoms. The van der Waals surface area contributed by atoms with Gasteiger partial charge < -0.3 is 33.8 Å². The summed E-state index contributed by atoms with van der Waals surface area (Å²) in [4.78, 5) is 18.4. The van der Waals surface area contributed by atoms with Crippen LogP contribution in [-0.4, -0.2) is 35.8 Å². The number of allylic oxidation sites excluding steroid dienone is 1. The van der Waals surface area contributed by atoms with Crippen molar-refractivity contribution in [2.45, 2.75) is 33.2 Å². The van der Waals surface area contributed by atoms with Crippen LogP contribution in [0, 0.1) is 0 Å². The molecule has 0 bridgehead atoms. The van der Waals surface area contributed by atoms with Gasteiger partial charge in [-0.25, -0.2) is 0 Å². The first-order valence-electron chi connectivity index (χ1n) is 12.0. The third kappa shape index (κ3) is 6.56. The molecule has 3 aromatic carbocycles. The molecular formula is C28H32NO6P. The maximum atomic E-state index is 9.20. The number of benzene rings is 3. The van der Waals surface area contributed by atoms with E-state index >= 15 is 0 Å². The fourth-order valence-electron chi connectivity index (χ4n) is 4.14. The summed E-state index contributed by atoms with van der Waals surface area (Å²) in [6.45, 7) is 7.95. The largest absolute Gasteiger partial charge is 0.492 e. The molecule has 1 heterocycles. The summed E-state index contributed by atoms with van der Waals surface area (Å²) < 4.78 is 22.1. The number of ether oxygens (including phenoxy) is 3. The lowest BCUT2D eigenvalue weighted by atomic mass is 9.88. The van der Waals surface area contributed by atoms with Gasteiger partial charge in [-0.15, -0.1) is 0 Å². The van der Waals surface area contributed by atoms with Crippen LogP contribution in [0.4, 0.5) is 0 Å². The highest BCUT2D eigenvalue weighted by atomic mass is 31.2. The van der Waals surface area contributed by atoms with Crippen molar-refractivity contribution in [3.8, 4) is 23.0 Å². The van der Waals surface area contributed by atoms with Gasteiger partial charge in [0, 0.05) is 12.6 Å². The van der Waals surface area contributed by atoms with Crippen LogP contribution in [0.1, 0.15) is 43.9 Å². The van der Waals surface area contributed by atoms with Gasteiger partial charge in [0.25, 0.3) is 0 Å². The Morgan fingerprint density at radius 2 is 1.50 bits per heavy atom. The molecule has 0 atom stereocenters. The molecule has 190 valence electrons. The Labute approximate surface area is 213 Å². The Balaban J connectivity index is 1.70. The van der Waals surface area contributed by atoms with Gasteiger partial charge >= 0.3 is 8.60 Å². The van der Waals surface area contributed by atoms with Crippen LogP contribution in [0.15, 0.2) is 66.7 Å². The van der Waals surface area contributed by atoms with Crippen molar-refractivity contribution in [3.63, 3.8) is 0 Å². The molecule has 0 aromatic heterocycles. The Hall–Kier alpha value is -3.09. The first kappa shape index (κ1) is 26.0. The van der Waals surface area contributed by atoms with Gasteiger partial charge in [0.1, 0.15) is 18.1 Å². The van der Waals surface area contributed by atoms with Gasteiger partial charge in [0.05, 0.1) is 0 Å². The molecule has 4 rings (SSSR count). The summed E-state index contributed by atoms with van der Waals surface area (Å²) in [7, 11) is -2.47. The van der Waals surface area contributed by atoms with Crippen LogP contribution < -0.4 is 24.1 Å². The molecule has 7 nitrogen and oxygen atoms in total. The van der Waals surface area contributed by atoms with Crippen molar-refractivity contribution >= 4 is 19.7 Å². The molecule has 0 fully saturated rings. The molecule has 0 radical (unpaired) electrons. The number of hydrogen-bond donors (Lipinski definition) is 3. The van der Waals surface area contributed by atoms with Crippen LogP contribution in [0.3, 0.4) is 0 Å². The van der Waals surface area contributed by atoms with Gasteiger partial charge in [0.15, 0.2) is 11.5 Å². The average Bonchev–Trinajstić information content (AvgIpc) is 3.34. The quantitative estimate of drug-likeness (QED) is 0.172. The standard InChI is InChI=1S/C28H32NO6P/c1-4-25(22-9-14-26-27(17-22)34-18-33-26)28(21-7-12-24(13-8-21)35-36(30)31)20-5-10-23(11-6-20)32-16-15-29-19(2)3/h5-14,17,19,29-31H,4,15-16,18H2,1-3H3/b28-25+. The highest BCUT2D eigenvalue weighted by molar-refractivity contribution is 7.39. The highest BCUT2D eigenvalue weighted by Gasteiger charge is 2.18. The van der Waals surface area contributed by atoms with E-state index in [9.17, 15) is 9.79 Å². The van der Waals surface area contributed by atoms with E-state index in [0.29, 0.717) is 18.4 Å². The zero-order valence-electron chi connectivity index (χ0n) is 20.7. The lowest BCUT2D eigenvalue weighted by molar-refractivity contribution is 0.174. The SMILES string of the molecule is CC/C(=C(/c1ccc(OCCNC(C)C)cc1)c1ccc(OP(O)O)cc1)c1ccc2c(c1)OCO2. The van der Waals surface area contributed by atoms with Crippen molar-refractivity contribution in [1.29, 1.82) is 0 Å². The normalized spacial score (nSPS) is 13.2. The average molecular weight is 510 g/mol. The van der Waals surface area contributed by atoms with Gasteiger partial charge in [-0.2, -0.15) is 0 Å². The first-order valence-corrected chi connectivity index (χ1v) is 13.2. The van der Waals surface area contributed by atoms with Crippen LogP contribution in [0.5, 0.6) is 23.0 Å². The highest BCUT2D eigenvalue weighted by Crippen LogP contribution is 2.40. The smallest absolute Gasteiger partial charge is 0.391 e. The number of rotatable bonds is 11. The van der Waals surface area contributed by atoms with Crippen LogP contribution in [-0.2, 0) is 0 Å². The van der Waals surface area contributed by atoms with Gasteiger partial charge in [-0.1, -0.05) is 51.1 Å². The molecule has 1 aliphatic heterocycles. The Bertz CT molecular complexity index is 1180. The Morgan fingerprint density at radius 1 is 0.889 bits per heavy atom. The molecule has 0 saturated heterocycles. The van der Waals surface area contributed by atoms with Crippen molar-refractivity contribution in [2.24, 2.45) is 0 Å². The third-order valence-electron chi connectivity index (χ3n) is 5.77. The number of hydrogen-bond acceptors (Lipinski definition) is 7. The second-order valence-electron chi connectivity index (χ2n) is 8.63. The van der Waals surface area contributed by atoms with Gasteiger partial charge in [-0.3, -0.25) is 0 Å². The van der Waals surface area contributed by atoms with E-state index in [1.54, 1.807) is 12.1 Å². The number of fused-ring (bicyclic) bond motifs is 1. The maximum absolute atomic E-state index is 9.20. The van der Waals surface area contributed by atoms with E-state index in [0.717, 1.165) is 58.1 Å². The molecule has 3 aromatic rings. The van der Waals surface area contributed by atoms with Gasteiger partial charge in [-0.05, 0) is 70.7 Å². The lowest BCUT2D eigenvalue weighted by Crippen LogP contribution is -2.27. The molecule has 36 heavy (non-hydrogen) atoms. The van der Waals surface area contributed by atoms with E-state index in [-0.39, 0.29) is 6.79 Å². The molecule has 0 aliphatic carbocycles. The summed E-state index contributed by atoms with van der Waals surface area (Å²) in [5.74, 6) is 2.69. The third-order valence-corrected chi connectivity index (χ3v) is 6.15. The van der Waals surface area contributed by atoms with Crippen LogP contribution >= 0.6 is 8.60 Å². The molecule has 1 aliphatic rings. The summed E-state index contributed by atoms with van der Waals surface area (Å²) in [6.07, 6.45) is 0.783. The predicted octanol–water partition coefficient (Wildman–Crippen LogP) is 5.75. The first-order chi connectivity index (χ1) is 17.4. The summed E-state index contributed by atoms with van der Waals surface area (Å²) >= 11 is 0. The molecule has 8 heteroatoms. The Morgan fingerprint density at radius 3 is 2.11 bits per heavy atom. The molecule has 0 saturated carbocycles. The molecule has 0 amide bonds. The molecule has 3 N–H and O–H groups in total. The van der Waals surface area contributed by atoms with Crippen LogP contribution in [0.2, 0.25) is 0 Å². The zero-order chi connectivity index (χ0) is 25.5. The van der Waals surface area contributed by atoms with E-state index in [4.69, 9.17) is 18.7 Å². The van der Waals surface area contributed by atoms with Crippen molar-refractivity contribution < 1.29 is 28.5 Å². The minimum atomic E-state index is -2.47. The second kappa shape index (κ2) is 12.2. The van der Waals surface area contributed by atoms with E-state index < -0.39 is 8.60 Å². The second-order valence-corrected chi connectivity index (χ2v) is 9.31. The summed E-state index contributed by atoms with van der Waals surface area (Å²) in [5, 5.41) is 3.35. The zero-order valence-corrected chi connectivity index (χ0v) is 21.6. The maximum Gasteiger partial charge on any atom is 0.391 e. The Kier molecular flexibility index (Phi) is 8.83. The van der Waals surface area contributed by atoms with E-state index in [1.165, 1.54) is 0 Å².